The molecule has 1 saturated heterocycles. The maximum absolute atomic E-state index is 13.4. The summed E-state index contributed by atoms with van der Waals surface area (Å²) in [6, 6.07) is 15.3. The van der Waals surface area contributed by atoms with E-state index in [9.17, 15) is 8.42 Å². The van der Waals surface area contributed by atoms with Gasteiger partial charge in [-0.2, -0.15) is 4.31 Å². The molecule has 0 spiro atoms. The van der Waals surface area contributed by atoms with Crippen molar-refractivity contribution >= 4 is 10.0 Å². The zero-order valence-electron chi connectivity index (χ0n) is 17.6. The van der Waals surface area contributed by atoms with Gasteiger partial charge in [0.25, 0.3) is 0 Å². The Morgan fingerprint density at radius 1 is 1.03 bits per heavy atom. The summed E-state index contributed by atoms with van der Waals surface area (Å²) in [5.41, 5.74) is 4.79. The van der Waals surface area contributed by atoms with E-state index in [0.717, 1.165) is 24.2 Å². The molecule has 0 N–H and O–H groups in total. The smallest absolute Gasteiger partial charge is 0.243 e. The molecule has 0 aromatic heterocycles. The number of rotatable bonds is 4. The zero-order chi connectivity index (χ0) is 20.8. The average Bonchev–Trinajstić information content (AvgIpc) is 3.09. The summed E-state index contributed by atoms with van der Waals surface area (Å²) in [6.45, 7) is 7.39. The molecule has 2 aromatic rings. The number of fused-ring (bicyclic) bond motifs is 1. The van der Waals surface area contributed by atoms with Crippen LogP contribution in [0.2, 0.25) is 0 Å². The van der Waals surface area contributed by atoms with Crippen LogP contribution in [-0.4, -0.2) is 32.9 Å². The third-order valence-corrected chi connectivity index (χ3v) is 8.66. The van der Waals surface area contributed by atoms with Gasteiger partial charge in [0.2, 0.25) is 10.0 Å². The number of allylic oxidation sites excluding steroid dienone is 2. The number of sulfonamides is 1. The number of nitrogens with zero attached hydrogens (tertiary/aromatic N) is 1. The van der Waals surface area contributed by atoms with E-state index in [4.69, 9.17) is 4.74 Å². The monoisotopic (exact) mass is 411 g/mol. The lowest BCUT2D eigenvalue weighted by molar-refractivity contribution is 0.312. The number of benzene rings is 2. The van der Waals surface area contributed by atoms with Crippen molar-refractivity contribution < 1.29 is 13.2 Å². The molecule has 5 heteroatoms. The minimum atomic E-state index is -3.53. The predicted octanol–water partition coefficient (Wildman–Crippen LogP) is 4.69. The summed E-state index contributed by atoms with van der Waals surface area (Å²) >= 11 is 0. The number of ether oxygens (including phenoxy) is 1. The van der Waals surface area contributed by atoms with Crippen LogP contribution in [0.1, 0.15) is 37.8 Å². The lowest BCUT2D eigenvalue weighted by Gasteiger charge is -2.40. The van der Waals surface area contributed by atoms with Crippen LogP contribution < -0.4 is 4.74 Å². The molecular formula is C24H29NO3S. The van der Waals surface area contributed by atoms with E-state index < -0.39 is 10.0 Å². The molecule has 29 heavy (non-hydrogen) atoms. The Morgan fingerprint density at radius 3 is 2.45 bits per heavy atom. The molecule has 2 aromatic carbocycles. The van der Waals surface area contributed by atoms with Gasteiger partial charge >= 0.3 is 0 Å². The molecule has 2 aliphatic rings. The first kappa shape index (κ1) is 20.2. The van der Waals surface area contributed by atoms with Crippen LogP contribution in [0.3, 0.4) is 0 Å². The fourth-order valence-electron chi connectivity index (χ4n) is 4.96. The van der Waals surface area contributed by atoms with Crippen molar-refractivity contribution in [1.82, 2.24) is 4.31 Å². The lowest BCUT2D eigenvalue weighted by atomic mass is 9.63. The topological polar surface area (TPSA) is 46.6 Å². The molecule has 0 bridgehead atoms. The summed E-state index contributed by atoms with van der Waals surface area (Å²) in [5, 5.41) is 0. The van der Waals surface area contributed by atoms with Crippen LogP contribution in [0.5, 0.6) is 5.75 Å². The molecule has 2 atom stereocenters. The molecule has 1 aliphatic carbocycles. The first-order valence-corrected chi connectivity index (χ1v) is 11.6. The van der Waals surface area contributed by atoms with Crippen LogP contribution >= 0.6 is 0 Å². The summed E-state index contributed by atoms with van der Waals surface area (Å²) in [6.07, 6.45) is 1.82. The van der Waals surface area contributed by atoms with Gasteiger partial charge in [0, 0.05) is 18.5 Å². The van der Waals surface area contributed by atoms with Crippen molar-refractivity contribution in [2.75, 3.05) is 20.2 Å². The highest BCUT2D eigenvalue weighted by molar-refractivity contribution is 7.89. The van der Waals surface area contributed by atoms with Gasteiger partial charge in [-0.1, -0.05) is 41.0 Å². The Labute approximate surface area is 174 Å². The molecular weight excluding hydrogens is 382 g/mol. The minimum absolute atomic E-state index is 0.212. The van der Waals surface area contributed by atoms with Crippen LogP contribution in [0.15, 0.2) is 64.6 Å². The summed E-state index contributed by atoms with van der Waals surface area (Å²) in [4.78, 5) is 0.379. The van der Waals surface area contributed by atoms with Gasteiger partial charge in [-0.25, -0.2) is 8.42 Å². The fourth-order valence-corrected chi connectivity index (χ4v) is 6.52. The first-order valence-electron chi connectivity index (χ1n) is 10.1. The second-order valence-corrected chi connectivity index (χ2v) is 10.6. The summed E-state index contributed by atoms with van der Waals surface area (Å²) in [7, 11) is -1.85. The van der Waals surface area contributed by atoms with E-state index in [1.165, 1.54) is 16.7 Å². The molecule has 4 rings (SSSR count). The van der Waals surface area contributed by atoms with Gasteiger partial charge in [-0.3, -0.25) is 0 Å². The maximum atomic E-state index is 13.4. The molecule has 4 nitrogen and oxygen atoms in total. The molecule has 0 radical (unpaired) electrons. The quantitative estimate of drug-likeness (QED) is 0.686. The van der Waals surface area contributed by atoms with Crippen LogP contribution in [-0.2, 0) is 15.4 Å². The molecule has 1 aliphatic heterocycles. The van der Waals surface area contributed by atoms with Crippen molar-refractivity contribution in [2.45, 2.75) is 43.9 Å². The predicted molar refractivity (Wildman–Crippen MR) is 116 cm³/mol. The largest absolute Gasteiger partial charge is 0.497 e. The van der Waals surface area contributed by atoms with Gasteiger partial charge in [0.15, 0.2) is 0 Å². The van der Waals surface area contributed by atoms with Gasteiger partial charge in [0.1, 0.15) is 5.75 Å². The Balaban J connectivity index is 1.77. The molecule has 1 heterocycles. The highest BCUT2D eigenvalue weighted by atomic mass is 32.2. The normalized spacial score (nSPS) is 25.2. The molecule has 1 fully saturated rings. The zero-order valence-corrected chi connectivity index (χ0v) is 18.4. The third-order valence-electron chi connectivity index (χ3n) is 6.83. The van der Waals surface area contributed by atoms with Crippen LogP contribution in [0.25, 0.3) is 0 Å². The molecule has 154 valence electrons. The fraction of sp³-hybridized carbons (Fsp3) is 0.417. The van der Waals surface area contributed by atoms with Crippen molar-refractivity contribution in [3.63, 3.8) is 0 Å². The van der Waals surface area contributed by atoms with E-state index in [-0.39, 0.29) is 11.3 Å². The molecule has 2 unspecified atom stereocenters. The van der Waals surface area contributed by atoms with Crippen LogP contribution in [0.4, 0.5) is 0 Å². The Bertz CT molecular complexity index is 1060. The highest BCUT2D eigenvalue weighted by Crippen LogP contribution is 2.51. The van der Waals surface area contributed by atoms with E-state index in [1.54, 1.807) is 23.5 Å². The Kier molecular flexibility index (Phi) is 5.07. The third kappa shape index (κ3) is 3.40. The van der Waals surface area contributed by atoms with Crippen molar-refractivity contribution in [2.24, 2.45) is 5.92 Å². The number of aryl methyl sites for hydroxylation is 1. The SMILES string of the molecule is COc1cccc(C23CC(C)=C(C)CC2CN(S(=O)(=O)c2ccc(C)cc2)C3)c1. The second-order valence-electron chi connectivity index (χ2n) is 8.64. The maximum Gasteiger partial charge on any atom is 0.243 e. The average molecular weight is 412 g/mol. The van der Waals surface area contributed by atoms with E-state index in [2.05, 4.69) is 26.0 Å². The lowest BCUT2D eigenvalue weighted by Crippen LogP contribution is -2.39. The number of methoxy groups -OCH3 is 1. The summed E-state index contributed by atoms with van der Waals surface area (Å²) in [5.74, 6) is 1.08. The second kappa shape index (κ2) is 7.29. The number of hydrogen-bond acceptors (Lipinski definition) is 3. The van der Waals surface area contributed by atoms with Crippen molar-refractivity contribution in [3.8, 4) is 5.75 Å². The van der Waals surface area contributed by atoms with Crippen molar-refractivity contribution in [1.29, 1.82) is 0 Å². The standard InChI is InChI=1S/C24H29NO3S/c1-17-8-10-23(11-9-17)29(26,27)25-15-21-12-18(2)19(3)14-24(21,16-25)20-6-5-7-22(13-20)28-4/h5-11,13,21H,12,14-16H2,1-4H3. The number of hydrogen-bond donors (Lipinski definition) is 0. The highest BCUT2D eigenvalue weighted by Gasteiger charge is 2.52. The Hall–Kier alpha value is -2.11. The van der Waals surface area contributed by atoms with Crippen LogP contribution in [0, 0.1) is 12.8 Å². The minimum Gasteiger partial charge on any atom is -0.497 e. The Morgan fingerprint density at radius 2 is 1.76 bits per heavy atom. The van der Waals surface area contributed by atoms with Gasteiger partial charge in [0.05, 0.1) is 12.0 Å². The van der Waals surface area contributed by atoms with E-state index >= 15 is 0 Å². The van der Waals surface area contributed by atoms with Gasteiger partial charge in [-0.15, -0.1) is 0 Å². The van der Waals surface area contributed by atoms with Crippen molar-refractivity contribution in [3.05, 3.63) is 70.8 Å². The first-order chi connectivity index (χ1) is 13.8. The summed E-state index contributed by atoms with van der Waals surface area (Å²) < 4.78 is 34.0. The molecule has 0 amide bonds. The molecule has 0 saturated carbocycles. The van der Waals surface area contributed by atoms with E-state index in [0.29, 0.717) is 18.0 Å². The van der Waals surface area contributed by atoms with E-state index in [1.807, 2.05) is 31.2 Å². The van der Waals surface area contributed by atoms with Gasteiger partial charge in [-0.05, 0) is 69.4 Å². The van der Waals surface area contributed by atoms with Gasteiger partial charge < -0.3 is 4.74 Å².